The molecule has 6 heteroatoms. The Bertz CT molecular complexity index is 545. The molecule has 2 rings (SSSR count). The zero-order chi connectivity index (χ0) is 13.3. The van der Waals surface area contributed by atoms with E-state index in [9.17, 15) is 8.42 Å². The van der Waals surface area contributed by atoms with E-state index in [2.05, 4.69) is 0 Å². The van der Waals surface area contributed by atoms with E-state index in [0.29, 0.717) is 22.0 Å². The van der Waals surface area contributed by atoms with Crippen LogP contribution in [0.3, 0.4) is 0 Å². The number of benzene rings is 1. The molecule has 1 aromatic carbocycles. The molecule has 0 spiro atoms. The van der Waals surface area contributed by atoms with Gasteiger partial charge < -0.3 is 5.73 Å². The van der Waals surface area contributed by atoms with Crippen molar-refractivity contribution < 1.29 is 8.42 Å². The Morgan fingerprint density at radius 2 is 2.00 bits per heavy atom. The van der Waals surface area contributed by atoms with Crippen molar-refractivity contribution in [1.29, 1.82) is 0 Å². The number of sulfone groups is 1. The number of halogens is 2. The third kappa shape index (κ3) is 2.82. The van der Waals surface area contributed by atoms with E-state index >= 15 is 0 Å². The summed E-state index contributed by atoms with van der Waals surface area (Å²) in [6.07, 6.45) is 2.21. The molecule has 0 saturated carbocycles. The molecule has 1 aromatic rings. The van der Waals surface area contributed by atoms with Crippen LogP contribution in [0.25, 0.3) is 0 Å². The Labute approximate surface area is 117 Å². The number of nitrogens with two attached hydrogens (primary N) is 1. The molecular weight excluding hydrogens is 293 g/mol. The second kappa shape index (κ2) is 5.37. The molecule has 100 valence electrons. The van der Waals surface area contributed by atoms with Crippen LogP contribution in [-0.2, 0) is 9.84 Å². The minimum Gasteiger partial charge on any atom is -0.323 e. The normalized spacial score (nSPS) is 24.7. The molecule has 2 unspecified atom stereocenters. The van der Waals surface area contributed by atoms with Crippen LogP contribution in [0.1, 0.15) is 30.9 Å². The largest absolute Gasteiger partial charge is 0.323 e. The minimum atomic E-state index is -3.11. The Morgan fingerprint density at radius 1 is 1.28 bits per heavy atom. The maximum absolute atomic E-state index is 12.0. The Kier molecular flexibility index (Phi) is 4.22. The van der Waals surface area contributed by atoms with Gasteiger partial charge >= 0.3 is 0 Å². The zero-order valence-electron chi connectivity index (χ0n) is 9.77. The molecule has 1 fully saturated rings. The molecule has 0 aliphatic carbocycles. The van der Waals surface area contributed by atoms with Crippen molar-refractivity contribution >= 4 is 33.0 Å². The molecule has 18 heavy (non-hydrogen) atoms. The first-order valence-electron chi connectivity index (χ1n) is 5.84. The molecule has 0 amide bonds. The van der Waals surface area contributed by atoms with Crippen molar-refractivity contribution in [3.8, 4) is 0 Å². The van der Waals surface area contributed by atoms with Gasteiger partial charge in [0.25, 0.3) is 0 Å². The Morgan fingerprint density at radius 3 is 2.61 bits per heavy atom. The van der Waals surface area contributed by atoms with Crippen molar-refractivity contribution in [2.24, 2.45) is 5.73 Å². The molecule has 2 atom stereocenters. The lowest BCUT2D eigenvalue weighted by atomic mass is 10.0. The van der Waals surface area contributed by atoms with E-state index in [-0.39, 0.29) is 5.75 Å². The van der Waals surface area contributed by atoms with Crippen LogP contribution in [0.4, 0.5) is 0 Å². The summed E-state index contributed by atoms with van der Waals surface area (Å²) in [4.78, 5) is 0. The smallest absolute Gasteiger partial charge is 0.155 e. The van der Waals surface area contributed by atoms with Crippen molar-refractivity contribution in [2.75, 3.05) is 5.75 Å². The van der Waals surface area contributed by atoms with Gasteiger partial charge in [-0.15, -0.1) is 0 Å². The van der Waals surface area contributed by atoms with Crippen LogP contribution in [0.15, 0.2) is 18.2 Å². The van der Waals surface area contributed by atoms with Crippen LogP contribution >= 0.6 is 23.2 Å². The van der Waals surface area contributed by atoms with Gasteiger partial charge in [-0.05, 0) is 30.5 Å². The van der Waals surface area contributed by atoms with Gasteiger partial charge in [0.1, 0.15) is 0 Å². The summed E-state index contributed by atoms with van der Waals surface area (Å²) in [7, 11) is -3.11. The second-order valence-electron chi connectivity index (χ2n) is 4.59. The number of rotatable bonds is 2. The first-order valence-corrected chi connectivity index (χ1v) is 8.31. The summed E-state index contributed by atoms with van der Waals surface area (Å²) in [5.74, 6) is 0.219. The molecule has 0 aromatic heterocycles. The summed E-state index contributed by atoms with van der Waals surface area (Å²) in [5, 5.41) is 0.406. The highest BCUT2D eigenvalue weighted by molar-refractivity contribution is 7.92. The average molecular weight is 308 g/mol. The highest BCUT2D eigenvalue weighted by Crippen LogP contribution is 2.33. The van der Waals surface area contributed by atoms with Crippen molar-refractivity contribution in [3.63, 3.8) is 0 Å². The lowest BCUT2D eigenvalue weighted by Crippen LogP contribution is -2.37. The third-order valence-corrected chi connectivity index (χ3v) is 6.22. The first kappa shape index (κ1) is 14.1. The molecule has 3 nitrogen and oxygen atoms in total. The van der Waals surface area contributed by atoms with Gasteiger partial charge in [0.2, 0.25) is 0 Å². The lowest BCUT2D eigenvalue weighted by molar-refractivity contribution is 0.505. The predicted octanol–water partition coefficient (Wildman–Crippen LogP) is 2.96. The fourth-order valence-corrected chi connectivity index (χ4v) is 4.92. The van der Waals surface area contributed by atoms with Gasteiger partial charge in [-0.3, -0.25) is 0 Å². The van der Waals surface area contributed by atoms with Gasteiger partial charge in [-0.1, -0.05) is 35.7 Å². The van der Waals surface area contributed by atoms with Gasteiger partial charge in [-0.2, -0.15) is 0 Å². The summed E-state index contributed by atoms with van der Waals surface area (Å²) in [6.45, 7) is 0. The average Bonchev–Trinajstić information content (AvgIpc) is 2.27. The van der Waals surface area contributed by atoms with Crippen LogP contribution in [-0.4, -0.2) is 19.4 Å². The van der Waals surface area contributed by atoms with E-state index in [1.807, 2.05) is 0 Å². The topological polar surface area (TPSA) is 60.2 Å². The fourth-order valence-electron chi connectivity index (χ4n) is 2.35. The van der Waals surface area contributed by atoms with Crippen LogP contribution in [0, 0.1) is 0 Å². The van der Waals surface area contributed by atoms with E-state index in [4.69, 9.17) is 28.9 Å². The van der Waals surface area contributed by atoms with E-state index in [0.717, 1.165) is 12.8 Å². The molecule has 2 N–H and O–H groups in total. The summed E-state index contributed by atoms with van der Waals surface area (Å²) in [6, 6.07) is 4.39. The van der Waals surface area contributed by atoms with Crippen LogP contribution < -0.4 is 5.73 Å². The third-order valence-electron chi connectivity index (χ3n) is 3.35. The summed E-state index contributed by atoms with van der Waals surface area (Å²) >= 11 is 11.9. The van der Waals surface area contributed by atoms with Gasteiger partial charge in [-0.25, -0.2) is 8.42 Å². The Balaban J connectivity index is 2.33. The molecular formula is C12H15Cl2NO2S. The second-order valence-corrected chi connectivity index (χ2v) is 7.78. The quantitative estimate of drug-likeness (QED) is 0.913. The molecule has 1 heterocycles. The maximum atomic E-state index is 12.0. The van der Waals surface area contributed by atoms with Gasteiger partial charge in [0.15, 0.2) is 9.84 Å². The standard InChI is InChI=1S/C12H15Cl2NO2S/c13-8-4-5-9(10(14)7-8)12(15)11-3-1-2-6-18(11,16)17/h4-5,7,11-12H,1-3,6,15H2. The predicted molar refractivity (Wildman–Crippen MR) is 74.8 cm³/mol. The zero-order valence-corrected chi connectivity index (χ0v) is 12.1. The summed E-state index contributed by atoms with van der Waals surface area (Å²) < 4.78 is 24.1. The SMILES string of the molecule is NC(c1ccc(Cl)cc1Cl)C1CCCCS1(=O)=O. The molecule has 0 bridgehead atoms. The molecule has 1 saturated heterocycles. The molecule has 1 aliphatic heterocycles. The van der Waals surface area contributed by atoms with E-state index in [1.54, 1.807) is 18.2 Å². The monoisotopic (exact) mass is 307 g/mol. The maximum Gasteiger partial charge on any atom is 0.155 e. The molecule has 0 radical (unpaired) electrons. The number of hydrogen-bond acceptors (Lipinski definition) is 3. The highest BCUT2D eigenvalue weighted by atomic mass is 35.5. The van der Waals surface area contributed by atoms with E-state index in [1.165, 1.54) is 0 Å². The van der Waals surface area contributed by atoms with Crippen molar-refractivity contribution in [2.45, 2.75) is 30.6 Å². The Hall–Kier alpha value is -0.290. The summed E-state index contributed by atoms with van der Waals surface area (Å²) in [5.41, 5.74) is 6.74. The minimum absolute atomic E-state index is 0.219. The number of hydrogen-bond donors (Lipinski definition) is 1. The fraction of sp³-hybridized carbons (Fsp3) is 0.500. The first-order chi connectivity index (χ1) is 8.42. The van der Waals surface area contributed by atoms with Crippen molar-refractivity contribution in [1.82, 2.24) is 0 Å². The van der Waals surface area contributed by atoms with Gasteiger partial charge in [0.05, 0.1) is 11.0 Å². The van der Waals surface area contributed by atoms with Crippen molar-refractivity contribution in [3.05, 3.63) is 33.8 Å². The van der Waals surface area contributed by atoms with Crippen LogP contribution in [0.5, 0.6) is 0 Å². The molecule has 1 aliphatic rings. The lowest BCUT2D eigenvalue weighted by Gasteiger charge is -2.28. The van der Waals surface area contributed by atoms with E-state index < -0.39 is 21.1 Å². The highest BCUT2D eigenvalue weighted by Gasteiger charge is 2.35. The van der Waals surface area contributed by atoms with Gasteiger partial charge in [0, 0.05) is 16.1 Å². The van der Waals surface area contributed by atoms with Crippen LogP contribution in [0.2, 0.25) is 10.0 Å².